The lowest BCUT2D eigenvalue weighted by molar-refractivity contribution is -0.0464. The summed E-state index contributed by atoms with van der Waals surface area (Å²) in [5.41, 5.74) is 5.74. The first kappa shape index (κ1) is 27.8. The van der Waals surface area contributed by atoms with Crippen LogP contribution in [-0.4, -0.2) is 80.4 Å². The second-order valence-electron chi connectivity index (χ2n) is 8.61. The molecule has 6 atom stereocenters. The summed E-state index contributed by atoms with van der Waals surface area (Å²) in [6.07, 6.45) is -2.36. The second-order valence-corrected chi connectivity index (χ2v) is 14.2. The van der Waals surface area contributed by atoms with Gasteiger partial charge in [-0.05, 0) is 23.6 Å². The summed E-state index contributed by atoms with van der Waals surface area (Å²) in [6, 6.07) is 0. The minimum Gasteiger partial charge on any atom is -0.369 e. The third-order valence-electron chi connectivity index (χ3n) is 6.06. The van der Waals surface area contributed by atoms with Gasteiger partial charge in [-0.15, -0.1) is 0 Å². The van der Waals surface area contributed by atoms with Gasteiger partial charge < -0.3 is 38.4 Å². The van der Waals surface area contributed by atoms with Gasteiger partial charge in [-0.1, -0.05) is 0 Å². The zero-order valence-electron chi connectivity index (χ0n) is 20.0. The van der Waals surface area contributed by atoms with E-state index >= 15 is 4.39 Å². The molecule has 40 heavy (non-hydrogen) atoms. The number of alkyl halides is 1. The zero-order valence-corrected chi connectivity index (χ0v) is 23.4. The Morgan fingerprint density at radius 2 is 1.98 bits per heavy atom. The normalized spacial score (nSPS) is 32.1. The molecule has 2 unspecified atom stereocenters. The number of nitrogens with zero attached hydrogens (tertiary/aromatic N) is 7. The maximum absolute atomic E-state index is 15.8. The number of hydrogen-bond acceptors (Lipinski definition) is 14. The molecule has 0 spiro atoms. The van der Waals surface area contributed by atoms with E-state index in [2.05, 4.69) is 29.9 Å². The molecule has 0 aromatic carbocycles. The fourth-order valence-corrected chi connectivity index (χ4v) is 6.79. The molecule has 0 saturated carbocycles. The summed E-state index contributed by atoms with van der Waals surface area (Å²) in [7, 11) is 0. The highest BCUT2D eigenvalue weighted by atomic mass is 32.5. The first-order valence-corrected chi connectivity index (χ1v) is 16.6. The van der Waals surface area contributed by atoms with Crippen molar-refractivity contribution < 1.29 is 37.0 Å². The highest BCUT2D eigenvalue weighted by molar-refractivity contribution is 8.07. The van der Waals surface area contributed by atoms with Crippen LogP contribution in [0.25, 0.3) is 22.3 Å². The first-order chi connectivity index (χ1) is 19.0. The van der Waals surface area contributed by atoms with E-state index < -0.39 is 50.2 Å². The average molecular weight is 635 g/mol. The number of imidazole rings is 2. The molecule has 22 heteroatoms. The number of halogens is 1. The van der Waals surface area contributed by atoms with Crippen LogP contribution in [0.2, 0.25) is 0 Å². The second kappa shape index (κ2) is 10.5. The third-order valence-corrected chi connectivity index (χ3v) is 9.22. The maximum atomic E-state index is 15.8. The minimum atomic E-state index is -4.16. The van der Waals surface area contributed by atoms with Crippen LogP contribution in [0, 0.1) is 0 Å². The topological polar surface area (TPSA) is 220 Å². The Balaban J connectivity index is 1.38. The Bertz CT molecular complexity index is 1750. The molecule has 214 valence electrons. The van der Waals surface area contributed by atoms with Crippen molar-refractivity contribution in [2.45, 2.75) is 37.8 Å². The number of nitrogens with two attached hydrogens (primary N) is 1. The predicted octanol–water partition coefficient (Wildman–Crippen LogP) is 0.159. The average Bonchev–Trinajstić information content (AvgIpc) is 3.55. The van der Waals surface area contributed by atoms with Crippen LogP contribution in [0.3, 0.4) is 0 Å². The molecular formula is C18H20FN9O8P2S2. The SMILES string of the molecule is Nc1nc2c(ncn2[C@@H]2O[C@@H]3COP(O)(=S)OCCn4c(nc5cncnc54)COP(O)(=S)O[C@@H]2[C@@H]3F)c(=O)[nH]1. The van der Waals surface area contributed by atoms with E-state index in [0.29, 0.717) is 11.2 Å². The number of nitrogens with one attached hydrogen (secondary N) is 1. The van der Waals surface area contributed by atoms with Gasteiger partial charge in [-0.3, -0.25) is 18.9 Å². The molecule has 0 amide bonds. The number of aromatic nitrogens is 8. The Morgan fingerprint density at radius 1 is 1.15 bits per heavy atom. The van der Waals surface area contributed by atoms with Crippen LogP contribution in [0.5, 0.6) is 0 Å². The Hall–Kier alpha value is -2.35. The summed E-state index contributed by atoms with van der Waals surface area (Å²) in [6.45, 7) is -8.92. The number of ether oxygens (including phenoxy) is 1. The van der Waals surface area contributed by atoms with Crippen LogP contribution in [0.15, 0.2) is 23.6 Å². The van der Waals surface area contributed by atoms with Crippen LogP contribution in [0.4, 0.5) is 10.3 Å². The number of anilines is 1. The van der Waals surface area contributed by atoms with Crippen molar-refractivity contribution >= 4 is 65.3 Å². The van der Waals surface area contributed by atoms with Crippen LogP contribution >= 0.6 is 13.4 Å². The molecule has 2 bridgehead atoms. The molecule has 1 fully saturated rings. The highest BCUT2D eigenvalue weighted by Gasteiger charge is 2.50. The van der Waals surface area contributed by atoms with Crippen molar-refractivity contribution in [3.05, 3.63) is 35.0 Å². The number of nitrogen functional groups attached to an aromatic ring is 1. The van der Waals surface area contributed by atoms with Gasteiger partial charge in [0.05, 0.1) is 25.7 Å². The summed E-state index contributed by atoms with van der Waals surface area (Å²) >= 11 is 10.3. The fourth-order valence-electron chi connectivity index (χ4n) is 4.34. The number of aromatic amines is 1. The van der Waals surface area contributed by atoms with Crippen molar-refractivity contribution in [3.8, 4) is 0 Å². The number of H-pyrrole nitrogens is 1. The Morgan fingerprint density at radius 3 is 2.80 bits per heavy atom. The van der Waals surface area contributed by atoms with E-state index in [0.717, 1.165) is 0 Å². The Labute approximate surface area is 232 Å². The van der Waals surface area contributed by atoms with Crippen LogP contribution in [-0.2, 0) is 59.6 Å². The van der Waals surface area contributed by atoms with Gasteiger partial charge >= 0.3 is 13.4 Å². The van der Waals surface area contributed by atoms with Crippen molar-refractivity contribution in [1.29, 1.82) is 0 Å². The molecule has 4 aromatic rings. The molecule has 2 aliphatic heterocycles. The van der Waals surface area contributed by atoms with Gasteiger partial charge in [-0.25, -0.2) is 24.3 Å². The van der Waals surface area contributed by atoms with Crippen molar-refractivity contribution in [2.75, 3.05) is 18.9 Å². The minimum absolute atomic E-state index is 0.0411. The summed E-state index contributed by atoms with van der Waals surface area (Å²) in [4.78, 5) is 56.7. The molecule has 6 rings (SSSR count). The Kier molecular flexibility index (Phi) is 7.29. The number of hydrogen-bond donors (Lipinski definition) is 4. The summed E-state index contributed by atoms with van der Waals surface area (Å²) in [5, 5.41) is 0. The molecule has 6 heterocycles. The molecule has 1 saturated heterocycles. The van der Waals surface area contributed by atoms with E-state index in [4.69, 9.17) is 52.2 Å². The van der Waals surface area contributed by atoms with Gasteiger partial charge in [0.1, 0.15) is 36.5 Å². The van der Waals surface area contributed by atoms with Crippen molar-refractivity contribution in [2.24, 2.45) is 0 Å². The highest BCUT2D eigenvalue weighted by Crippen LogP contribution is 2.52. The van der Waals surface area contributed by atoms with E-state index in [1.54, 1.807) is 4.57 Å². The monoisotopic (exact) mass is 635 g/mol. The van der Waals surface area contributed by atoms with Crippen molar-refractivity contribution in [1.82, 2.24) is 39.0 Å². The van der Waals surface area contributed by atoms with Gasteiger partial charge in [0, 0.05) is 6.54 Å². The van der Waals surface area contributed by atoms with E-state index in [-0.39, 0.29) is 42.7 Å². The number of rotatable bonds is 1. The zero-order chi connectivity index (χ0) is 28.2. The number of fused-ring (bicyclic) bond motifs is 6. The fraction of sp³-hybridized carbons (Fsp3) is 0.444. The lowest BCUT2D eigenvalue weighted by atomic mass is 10.1. The molecule has 5 N–H and O–H groups in total. The molecule has 17 nitrogen and oxygen atoms in total. The third kappa shape index (κ3) is 5.33. The maximum Gasteiger partial charge on any atom is 0.325 e. The standard InChI is InChI=1S/C18H20FN9O8P2S2/c19-11-9-4-33-37(30,39)32-2-1-27-10(24-8-3-21-6-22-14(8)27)5-34-38(31,40)36-13(11)17(35-9)28-7-23-12-15(28)25-18(20)26-16(12)29/h3,6-7,9,11,13,17H,1-2,4-5H2,(H,30,39)(H,31,40)(H3,20,25,26,29)/t9-,11-,13-,17-,37?,38?/m1/s1. The lowest BCUT2D eigenvalue weighted by Gasteiger charge is -2.25. The van der Waals surface area contributed by atoms with Crippen LogP contribution < -0.4 is 11.3 Å². The molecular weight excluding hydrogens is 615 g/mol. The first-order valence-electron chi connectivity index (χ1n) is 11.5. The van der Waals surface area contributed by atoms with Gasteiger partial charge in [0.2, 0.25) is 5.95 Å². The van der Waals surface area contributed by atoms with Crippen LogP contribution in [0.1, 0.15) is 12.1 Å². The summed E-state index contributed by atoms with van der Waals surface area (Å²) < 4.78 is 46.4. The van der Waals surface area contributed by atoms with Gasteiger partial charge in [0.25, 0.3) is 5.56 Å². The lowest BCUT2D eigenvalue weighted by Crippen LogP contribution is -2.32. The largest absolute Gasteiger partial charge is 0.369 e. The van der Waals surface area contributed by atoms with E-state index in [1.807, 2.05) is 0 Å². The van der Waals surface area contributed by atoms with E-state index in [1.165, 1.54) is 23.4 Å². The molecule has 0 aliphatic carbocycles. The quantitative estimate of drug-likeness (QED) is 0.205. The molecule has 4 aromatic heterocycles. The molecule has 0 radical (unpaired) electrons. The van der Waals surface area contributed by atoms with E-state index in [9.17, 15) is 14.6 Å². The van der Waals surface area contributed by atoms with Gasteiger partial charge in [0.15, 0.2) is 29.2 Å². The smallest absolute Gasteiger partial charge is 0.325 e. The summed E-state index contributed by atoms with van der Waals surface area (Å²) in [5.74, 6) is 0.0450. The molecule has 2 aliphatic rings. The predicted molar refractivity (Wildman–Crippen MR) is 141 cm³/mol. The van der Waals surface area contributed by atoms with Gasteiger partial charge in [-0.2, -0.15) is 4.98 Å². The van der Waals surface area contributed by atoms with Crippen molar-refractivity contribution in [3.63, 3.8) is 0 Å².